The summed E-state index contributed by atoms with van der Waals surface area (Å²) < 4.78 is 0. The number of aliphatic carboxylic acids is 1. The van der Waals surface area contributed by atoms with Gasteiger partial charge in [0.2, 0.25) is 5.91 Å². The topological polar surface area (TPSA) is 113 Å². The minimum Gasteiger partial charge on any atom is -0.480 e. The zero-order valence-corrected chi connectivity index (χ0v) is 8.93. The number of carboxylic acids is 1. The van der Waals surface area contributed by atoms with Gasteiger partial charge in [-0.3, -0.25) is 4.79 Å². The van der Waals surface area contributed by atoms with E-state index in [2.05, 4.69) is 5.32 Å². The molecule has 0 aromatic carbocycles. The van der Waals surface area contributed by atoms with Gasteiger partial charge in [0.25, 0.3) is 0 Å². The molecule has 0 saturated heterocycles. The Bertz CT molecular complexity index is 230. The Labute approximate surface area is 88.5 Å². The van der Waals surface area contributed by atoms with Crippen LogP contribution in [0, 0.1) is 5.92 Å². The molecule has 0 aromatic rings. The minimum absolute atomic E-state index is 0.253. The predicted molar refractivity (Wildman–Crippen MR) is 54.1 cm³/mol. The van der Waals surface area contributed by atoms with Gasteiger partial charge >= 0.3 is 5.97 Å². The van der Waals surface area contributed by atoms with Crippen LogP contribution in [0.15, 0.2) is 0 Å². The second-order valence-corrected chi connectivity index (χ2v) is 3.82. The summed E-state index contributed by atoms with van der Waals surface area (Å²) in [6.45, 7) is 3.18. The zero-order chi connectivity index (χ0) is 12.0. The molecular weight excluding hydrogens is 200 g/mol. The fourth-order valence-corrected chi connectivity index (χ4v) is 1.08. The van der Waals surface area contributed by atoms with Gasteiger partial charge in [-0.1, -0.05) is 13.8 Å². The quantitative estimate of drug-likeness (QED) is 0.453. The maximum atomic E-state index is 11.3. The van der Waals surface area contributed by atoms with E-state index < -0.39 is 30.6 Å². The van der Waals surface area contributed by atoms with Crippen LogP contribution in [0.2, 0.25) is 0 Å². The lowest BCUT2D eigenvalue weighted by atomic mass is 10.0. The Morgan fingerprint density at radius 2 is 1.93 bits per heavy atom. The zero-order valence-electron chi connectivity index (χ0n) is 8.93. The molecule has 6 nitrogen and oxygen atoms in total. The summed E-state index contributed by atoms with van der Waals surface area (Å²) in [5.74, 6) is -1.57. The largest absolute Gasteiger partial charge is 0.480 e. The van der Waals surface area contributed by atoms with Crippen molar-refractivity contribution in [3.8, 4) is 0 Å². The van der Waals surface area contributed by atoms with Crippen LogP contribution >= 0.6 is 0 Å². The van der Waals surface area contributed by atoms with Crippen LogP contribution < -0.4 is 11.1 Å². The van der Waals surface area contributed by atoms with Crippen LogP contribution in [-0.2, 0) is 9.59 Å². The molecule has 88 valence electrons. The number of aliphatic hydroxyl groups excluding tert-OH is 1. The first-order chi connectivity index (χ1) is 6.88. The average molecular weight is 218 g/mol. The van der Waals surface area contributed by atoms with Crippen molar-refractivity contribution in [2.45, 2.75) is 32.4 Å². The lowest BCUT2D eigenvalue weighted by Crippen LogP contribution is -2.50. The highest BCUT2D eigenvalue weighted by Gasteiger charge is 2.22. The normalized spacial score (nSPS) is 14.7. The first-order valence-corrected chi connectivity index (χ1v) is 4.78. The summed E-state index contributed by atoms with van der Waals surface area (Å²) in [5.41, 5.74) is 5.53. The van der Waals surface area contributed by atoms with Crippen molar-refractivity contribution in [3.05, 3.63) is 0 Å². The van der Waals surface area contributed by atoms with Gasteiger partial charge in [0.15, 0.2) is 0 Å². The van der Waals surface area contributed by atoms with Crippen LogP contribution in [0.5, 0.6) is 0 Å². The van der Waals surface area contributed by atoms with E-state index in [0.29, 0.717) is 6.42 Å². The number of amides is 1. The molecule has 0 aromatic heterocycles. The second-order valence-electron chi connectivity index (χ2n) is 3.82. The molecule has 0 spiro atoms. The monoisotopic (exact) mass is 218 g/mol. The third-order valence-corrected chi connectivity index (χ3v) is 1.86. The van der Waals surface area contributed by atoms with Crippen molar-refractivity contribution < 1.29 is 19.8 Å². The summed E-state index contributed by atoms with van der Waals surface area (Å²) >= 11 is 0. The summed E-state index contributed by atoms with van der Waals surface area (Å²) in [5, 5.41) is 19.4. The van der Waals surface area contributed by atoms with Gasteiger partial charge in [-0.15, -0.1) is 0 Å². The molecule has 2 atom stereocenters. The van der Waals surface area contributed by atoms with E-state index in [1.165, 1.54) is 0 Å². The molecule has 0 aliphatic heterocycles. The molecule has 1 amide bonds. The van der Waals surface area contributed by atoms with E-state index in [4.69, 9.17) is 15.9 Å². The van der Waals surface area contributed by atoms with Crippen molar-refractivity contribution >= 4 is 11.9 Å². The third-order valence-electron chi connectivity index (χ3n) is 1.86. The number of carbonyl (C=O) groups is 2. The second kappa shape index (κ2) is 6.36. The van der Waals surface area contributed by atoms with Gasteiger partial charge in [-0.05, 0) is 12.3 Å². The Kier molecular flexibility index (Phi) is 5.88. The molecule has 0 heterocycles. The molecule has 0 radical (unpaired) electrons. The van der Waals surface area contributed by atoms with Gasteiger partial charge < -0.3 is 21.3 Å². The lowest BCUT2D eigenvalue weighted by molar-refractivity contribution is -0.143. The van der Waals surface area contributed by atoms with E-state index in [-0.39, 0.29) is 5.92 Å². The first kappa shape index (κ1) is 13.9. The Morgan fingerprint density at radius 1 is 1.40 bits per heavy atom. The van der Waals surface area contributed by atoms with Gasteiger partial charge in [-0.25, -0.2) is 4.79 Å². The standard InChI is InChI=1S/C9H18N2O4/c1-5(2)3-6(10)8(13)11-7(4-12)9(14)15/h5-7,12H,3-4,10H2,1-2H3,(H,11,13)(H,14,15). The van der Waals surface area contributed by atoms with E-state index >= 15 is 0 Å². The number of carboxylic acid groups (broad SMARTS) is 1. The first-order valence-electron chi connectivity index (χ1n) is 4.78. The Morgan fingerprint density at radius 3 is 2.27 bits per heavy atom. The van der Waals surface area contributed by atoms with Crippen LogP contribution in [0.4, 0.5) is 0 Å². The molecule has 0 fully saturated rings. The van der Waals surface area contributed by atoms with E-state index in [9.17, 15) is 9.59 Å². The van der Waals surface area contributed by atoms with Crippen molar-refractivity contribution in [2.75, 3.05) is 6.61 Å². The van der Waals surface area contributed by atoms with Crippen molar-refractivity contribution in [3.63, 3.8) is 0 Å². The smallest absolute Gasteiger partial charge is 0.328 e. The van der Waals surface area contributed by atoms with Crippen molar-refractivity contribution in [1.82, 2.24) is 5.32 Å². The van der Waals surface area contributed by atoms with Gasteiger partial charge in [0, 0.05) is 0 Å². The minimum atomic E-state index is -1.28. The number of hydrogen-bond donors (Lipinski definition) is 4. The summed E-state index contributed by atoms with van der Waals surface area (Å²) in [7, 11) is 0. The van der Waals surface area contributed by atoms with Crippen LogP contribution in [-0.4, -0.2) is 40.8 Å². The van der Waals surface area contributed by atoms with Gasteiger partial charge in [0.1, 0.15) is 6.04 Å². The van der Waals surface area contributed by atoms with Gasteiger partial charge in [-0.2, -0.15) is 0 Å². The van der Waals surface area contributed by atoms with Crippen LogP contribution in [0.1, 0.15) is 20.3 Å². The molecule has 5 N–H and O–H groups in total. The highest BCUT2D eigenvalue weighted by molar-refractivity contribution is 5.86. The highest BCUT2D eigenvalue weighted by Crippen LogP contribution is 2.02. The highest BCUT2D eigenvalue weighted by atomic mass is 16.4. The Balaban J connectivity index is 4.16. The van der Waals surface area contributed by atoms with Crippen molar-refractivity contribution in [2.24, 2.45) is 11.7 Å². The Hall–Kier alpha value is -1.14. The average Bonchev–Trinajstić information content (AvgIpc) is 2.11. The molecule has 0 rings (SSSR count). The van der Waals surface area contributed by atoms with E-state index in [1.807, 2.05) is 13.8 Å². The summed E-state index contributed by atoms with van der Waals surface area (Å²) in [4.78, 5) is 21.8. The summed E-state index contributed by atoms with van der Waals surface area (Å²) in [6, 6.07) is -2.02. The number of hydrogen-bond acceptors (Lipinski definition) is 4. The number of carbonyl (C=O) groups excluding carboxylic acids is 1. The number of nitrogens with two attached hydrogens (primary N) is 1. The fourth-order valence-electron chi connectivity index (χ4n) is 1.08. The number of rotatable bonds is 6. The predicted octanol–water partition coefficient (Wildman–Crippen LogP) is -1.08. The molecule has 0 aliphatic carbocycles. The third kappa shape index (κ3) is 5.34. The maximum absolute atomic E-state index is 11.3. The molecular formula is C9H18N2O4. The number of aliphatic hydroxyl groups is 1. The molecule has 2 unspecified atom stereocenters. The fraction of sp³-hybridized carbons (Fsp3) is 0.778. The molecule has 6 heteroatoms. The van der Waals surface area contributed by atoms with Crippen LogP contribution in [0.3, 0.4) is 0 Å². The molecule has 15 heavy (non-hydrogen) atoms. The SMILES string of the molecule is CC(C)CC(N)C(=O)NC(CO)C(=O)O. The lowest BCUT2D eigenvalue weighted by Gasteiger charge is -2.17. The molecule has 0 bridgehead atoms. The maximum Gasteiger partial charge on any atom is 0.328 e. The van der Waals surface area contributed by atoms with E-state index in [1.54, 1.807) is 0 Å². The number of nitrogens with one attached hydrogen (secondary N) is 1. The summed E-state index contributed by atoms with van der Waals surface area (Å²) in [6.07, 6.45) is 0.476. The molecule has 0 aliphatic rings. The van der Waals surface area contributed by atoms with Crippen molar-refractivity contribution in [1.29, 1.82) is 0 Å². The van der Waals surface area contributed by atoms with Crippen LogP contribution in [0.25, 0.3) is 0 Å². The molecule has 0 saturated carbocycles. The van der Waals surface area contributed by atoms with E-state index in [0.717, 1.165) is 0 Å². The van der Waals surface area contributed by atoms with Gasteiger partial charge in [0.05, 0.1) is 12.6 Å².